The molecule has 0 aliphatic carbocycles. The summed E-state index contributed by atoms with van der Waals surface area (Å²) in [6.07, 6.45) is 0. The average Bonchev–Trinajstić information content (AvgIpc) is 3.10. The zero-order valence-corrected chi connectivity index (χ0v) is 12.3. The number of rotatable bonds is 4. The van der Waals surface area contributed by atoms with Gasteiger partial charge in [0.2, 0.25) is 5.89 Å². The van der Waals surface area contributed by atoms with Crippen LogP contribution in [0.25, 0.3) is 11.0 Å². The fourth-order valence-corrected chi connectivity index (χ4v) is 2.38. The number of nitrogens with one attached hydrogen (secondary N) is 2. The summed E-state index contributed by atoms with van der Waals surface area (Å²) in [7, 11) is 1.82. The molecule has 3 aromatic rings. The molecule has 0 radical (unpaired) electrons. The van der Waals surface area contributed by atoms with Crippen LogP contribution in [0.2, 0.25) is 5.02 Å². The summed E-state index contributed by atoms with van der Waals surface area (Å²) in [4.78, 5) is 0. The molecule has 0 amide bonds. The van der Waals surface area contributed by atoms with Gasteiger partial charge in [-0.25, -0.2) is 0 Å². The maximum atomic E-state index is 6.18. The van der Waals surface area contributed by atoms with Gasteiger partial charge in [0.15, 0.2) is 0 Å². The van der Waals surface area contributed by atoms with E-state index in [0.29, 0.717) is 22.1 Å². The van der Waals surface area contributed by atoms with Gasteiger partial charge in [0, 0.05) is 0 Å². The largest absolute Gasteiger partial charge is 0.406 e. The molecular formula is C11H11ClN6OS. The summed E-state index contributed by atoms with van der Waals surface area (Å²) in [6.45, 7) is 1.93. The molecular weight excluding hydrogens is 300 g/mol. The predicted octanol–water partition coefficient (Wildman–Crippen LogP) is 2.75. The summed E-state index contributed by atoms with van der Waals surface area (Å²) in [5, 5.41) is 14.5. The zero-order chi connectivity index (χ0) is 14.1. The normalized spacial score (nSPS) is 12.8. The minimum absolute atomic E-state index is 0.0229. The third-order valence-corrected chi connectivity index (χ3v) is 3.71. The molecule has 0 saturated heterocycles. The molecule has 0 saturated carbocycles. The summed E-state index contributed by atoms with van der Waals surface area (Å²) >= 11 is 7.30. The van der Waals surface area contributed by atoms with Crippen molar-refractivity contribution in [2.45, 2.75) is 13.0 Å². The van der Waals surface area contributed by atoms with Gasteiger partial charge in [-0.05, 0) is 26.1 Å². The van der Waals surface area contributed by atoms with Crippen molar-refractivity contribution >= 4 is 46.1 Å². The van der Waals surface area contributed by atoms with Crippen LogP contribution in [0.3, 0.4) is 0 Å². The molecule has 9 heteroatoms. The maximum absolute atomic E-state index is 6.18. The van der Waals surface area contributed by atoms with Crippen molar-refractivity contribution in [2.75, 3.05) is 12.4 Å². The van der Waals surface area contributed by atoms with Gasteiger partial charge in [-0.1, -0.05) is 16.7 Å². The van der Waals surface area contributed by atoms with Crippen LogP contribution in [-0.4, -0.2) is 26.0 Å². The lowest BCUT2D eigenvalue weighted by molar-refractivity contribution is 0.443. The second-order valence-electron chi connectivity index (χ2n) is 4.14. The van der Waals surface area contributed by atoms with Crippen LogP contribution in [0.5, 0.6) is 0 Å². The Labute approximate surface area is 123 Å². The number of benzene rings is 1. The highest BCUT2D eigenvalue weighted by Crippen LogP contribution is 2.32. The van der Waals surface area contributed by atoms with Crippen LogP contribution in [0.4, 0.5) is 11.7 Å². The highest BCUT2D eigenvalue weighted by Gasteiger charge is 2.15. The molecule has 0 bridgehead atoms. The topological polar surface area (TPSA) is 88.8 Å². The summed E-state index contributed by atoms with van der Waals surface area (Å²) < 4.78 is 13.9. The summed E-state index contributed by atoms with van der Waals surface area (Å²) in [6, 6.07) is 3.81. The molecule has 0 spiro atoms. The molecule has 1 aromatic carbocycles. The fraction of sp³-hybridized carbons (Fsp3) is 0.273. The van der Waals surface area contributed by atoms with E-state index in [1.165, 1.54) is 0 Å². The molecule has 1 atom stereocenters. The number of fused-ring (bicyclic) bond motifs is 1. The van der Waals surface area contributed by atoms with Crippen LogP contribution in [0.1, 0.15) is 18.9 Å². The van der Waals surface area contributed by atoms with E-state index in [1.807, 2.05) is 20.0 Å². The van der Waals surface area contributed by atoms with Gasteiger partial charge < -0.3 is 15.1 Å². The Balaban J connectivity index is 1.95. The van der Waals surface area contributed by atoms with Crippen molar-refractivity contribution in [3.05, 3.63) is 23.0 Å². The number of anilines is 2. The number of hydrogen-bond acceptors (Lipinski definition) is 8. The van der Waals surface area contributed by atoms with E-state index < -0.39 is 0 Å². The van der Waals surface area contributed by atoms with Crippen molar-refractivity contribution in [3.63, 3.8) is 0 Å². The lowest BCUT2D eigenvalue weighted by atomic mass is 10.2. The lowest BCUT2D eigenvalue weighted by Gasteiger charge is -2.05. The van der Waals surface area contributed by atoms with Gasteiger partial charge in [-0.3, -0.25) is 0 Å². The van der Waals surface area contributed by atoms with Crippen molar-refractivity contribution < 1.29 is 4.42 Å². The van der Waals surface area contributed by atoms with E-state index in [1.54, 1.807) is 6.07 Å². The van der Waals surface area contributed by atoms with Crippen LogP contribution in [0, 0.1) is 0 Å². The highest BCUT2D eigenvalue weighted by atomic mass is 35.5. The first-order valence-corrected chi connectivity index (χ1v) is 6.98. The molecule has 7 nitrogen and oxygen atoms in total. The Bertz CT molecular complexity index is 741. The Kier molecular flexibility index (Phi) is 3.51. The lowest BCUT2D eigenvalue weighted by Crippen LogP contribution is -2.12. The molecule has 104 valence electrons. The van der Waals surface area contributed by atoms with Gasteiger partial charge in [0.1, 0.15) is 11.0 Å². The van der Waals surface area contributed by atoms with E-state index in [9.17, 15) is 0 Å². The Hall–Kier alpha value is -1.77. The molecule has 2 N–H and O–H groups in total. The molecule has 0 fully saturated rings. The second-order valence-corrected chi connectivity index (χ2v) is 5.07. The quantitative estimate of drug-likeness (QED) is 0.766. The molecule has 1 unspecified atom stereocenters. The molecule has 20 heavy (non-hydrogen) atoms. The highest BCUT2D eigenvalue weighted by molar-refractivity contribution is 7.00. The first-order valence-electron chi connectivity index (χ1n) is 5.87. The van der Waals surface area contributed by atoms with E-state index in [4.69, 9.17) is 16.0 Å². The van der Waals surface area contributed by atoms with Crippen LogP contribution in [-0.2, 0) is 0 Å². The third kappa shape index (κ3) is 2.33. The summed E-state index contributed by atoms with van der Waals surface area (Å²) in [5.41, 5.74) is 2.07. The summed E-state index contributed by atoms with van der Waals surface area (Å²) in [5.74, 6) is 0.495. The maximum Gasteiger partial charge on any atom is 0.320 e. The number of nitrogens with zero attached hydrogens (tertiary/aromatic N) is 4. The molecule has 3 rings (SSSR count). The standard InChI is InChI=1S/C11H11ClN6OS/c1-5(13-2)10-15-16-11(19-10)14-8-6(12)3-4-7-9(8)18-20-17-7/h3-5,13H,1-2H3,(H,14,16). The van der Waals surface area contributed by atoms with Gasteiger partial charge in [0.05, 0.1) is 28.5 Å². The van der Waals surface area contributed by atoms with E-state index in [0.717, 1.165) is 17.2 Å². The van der Waals surface area contributed by atoms with E-state index >= 15 is 0 Å². The number of aromatic nitrogens is 4. The first kappa shape index (κ1) is 13.2. The van der Waals surface area contributed by atoms with Crippen LogP contribution >= 0.6 is 23.3 Å². The van der Waals surface area contributed by atoms with Crippen molar-refractivity contribution in [3.8, 4) is 0 Å². The Morgan fingerprint density at radius 1 is 1.30 bits per heavy atom. The minimum Gasteiger partial charge on any atom is -0.406 e. The molecule has 2 heterocycles. The Morgan fingerprint density at radius 2 is 2.15 bits per heavy atom. The van der Waals surface area contributed by atoms with Gasteiger partial charge in [-0.15, -0.1) is 5.10 Å². The average molecular weight is 311 g/mol. The minimum atomic E-state index is -0.0229. The SMILES string of the molecule is CNC(C)c1nnc(Nc2c(Cl)ccc3nsnc23)o1. The predicted molar refractivity (Wildman–Crippen MR) is 77.5 cm³/mol. The molecule has 2 aromatic heterocycles. The monoisotopic (exact) mass is 310 g/mol. The molecule has 0 aliphatic rings. The zero-order valence-electron chi connectivity index (χ0n) is 10.7. The van der Waals surface area contributed by atoms with Crippen molar-refractivity contribution in [2.24, 2.45) is 0 Å². The van der Waals surface area contributed by atoms with Crippen molar-refractivity contribution in [1.29, 1.82) is 0 Å². The second kappa shape index (κ2) is 5.31. The smallest absolute Gasteiger partial charge is 0.320 e. The number of halogens is 1. The van der Waals surface area contributed by atoms with Crippen LogP contribution < -0.4 is 10.6 Å². The van der Waals surface area contributed by atoms with Gasteiger partial charge >= 0.3 is 6.01 Å². The molecule has 0 aliphatic heterocycles. The van der Waals surface area contributed by atoms with Gasteiger partial charge in [-0.2, -0.15) is 8.75 Å². The Morgan fingerprint density at radius 3 is 2.95 bits per heavy atom. The fourth-order valence-electron chi connectivity index (χ4n) is 1.64. The van der Waals surface area contributed by atoms with E-state index in [2.05, 4.69) is 29.6 Å². The van der Waals surface area contributed by atoms with E-state index in [-0.39, 0.29) is 12.1 Å². The first-order chi connectivity index (χ1) is 9.69. The number of hydrogen-bond donors (Lipinski definition) is 2. The van der Waals surface area contributed by atoms with Crippen molar-refractivity contribution in [1.82, 2.24) is 24.3 Å². The van der Waals surface area contributed by atoms with Gasteiger partial charge in [0.25, 0.3) is 0 Å². The van der Waals surface area contributed by atoms with Crippen LogP contribution in [0.15, 0.2) is 16.5 Å². The third-order valence-electron chi connectivity index (χ3n) is 2.85.